The average molecular weight is 449 g/mol. The molecule has 0 fully saturated rings. The summed E-state index contributed by atoms with van der Waals surface area (Å²) in [6.45, 7) is 1.69. The van der Waals surface area contributed by atoms with Crippen LogP contribution in [0.1, 0.15) is 34.7 Å². The Bertz CT molecular complexity index is 1140. The van der Waals surface area contributed by atoms with Gasteiger partial charge < -0.3 is 25.2 Å². The third-order valence-electron chi connectivity index (χ3n) is 6.69. The number of rotatable bonds is 5. The molecular formula is C25H28N4O4. The van der Waals surface area contributed by atoms with Gasteiger partial charge >= 0.3 is 11.8 Å². The van der Waals surface area contributed by atoms with Gasteiger partial charge in [-0.1, -0.05) is 12.1 Å². The molecule has 8 nitrogen and oxygen atoms in total. The van der Waals surface area contributed by atoms with Gasteiger partial charge in [-0.15, -0.1) is 0 Å². The zero-order valence-corrected chi connectivity index (χ0v) is 18.9. The molecule has 0 aliphatic carbocycles. The van der Waals surface area contributed by atoms with Gasteiger partial charge in [0.1, 0.15) is 5.75 Å². The molecule has 0 saturated heterocycles. The Hall–Kier alpha value is -3.39. The lowest BCUT2D eigenvalue weighted by Crippen LogP contribution is -2.40. The lowest BCUT2D eigenvalue weighted by molar-refractivity contribution is -0.136. The molecule has 1 unspecified atom stereocenters. The maximum absolute atomic E-state index is 12.6. The van der Waals surface area contributed by atoms with Gasteiger partial charge in [-0.3, -0.25) is 14.4 Å². The molecule has 0 aromatic heterocycles. The highest BCUT2D eigenvalue weighted by Crippen LogP contribution is 2.38. The molecule has 0 radical (unpaired) electrons. The van der Waals surface area contributed by atoms with Gasteiger partial charge in [-0.25, -0.2) is 0 Å². The Kier molecular flexibility index (Phi) is 5.54. The molecule has 3 amide bonds. The van der Waals surface area contributed by atoms with Crippen LogP contribution in [0.25, 0.3) is 0 Å². The quantitative estimate of drug-likeness (QED) is 0.681. The summed E-state index contributed by atoms with van der Waals surface area (Å²) in [5, 5.41) is 5.52. The molecule has 3 heterocycles. The van der Waals surface area contributed by atoms with Crippen molar-refractivity contribution in [2.24, 2.45) is 0 Å². The summed E-state index contributed by atoms with van der Waals surface area (Å²) in [5.74, 6) is -0.287. The number of hydrogen-bond donors (Lipinski definition) is 2. The predicted octanol–water partition coefficient (Wildman–Crippen LogP) is 1.81. The fourth-order valence-corrected chi connectivity index (χ4v) is 5.00. The van der Waals surface area contributed by atoms with E-state index >= 15 is 0 Å². The first-order valence-electron chi connectivity index (χ1n) is 11.4. The number of aryl methyl sites for hydroxylation is 1. The monoisotopic (exact) mass is 448 g/mol. The number of nitrogens with one attached hydrogen (secondary N) is 2. The second kappa shape index (κ2) is 8.51. The van der Waals surface area contributed by atoms with Crippen LogP contribution >= 0.6 is 0 Å². The van der Waals surface area contributed by atoms with Crippen molar-refractivity contribution in [2.45, 2.75) is 31.7 Å². The van der Waals surface area contributed by atoms with Crippen molar-refractivity contribution in [3.8, 4) is 5.75 Å². The van der Waals surface area contributed by atoms with E-state index in [1.54, 1.807) is 0 Å². The van der Waals surface area contributed by atoms with E-state index in [1.165, 1.54) is 5.56 Å². The van der Waals surface area contributed by atoms with Crippen LogP contribution < -0.4 is 20.3 Å². The molecule has 3 aliphatic heterocycles. The molecule has 5 rings (SSSR count). The highest BCUT2D eigenvalue weighted by atomic mass is 16.5. The van der Waals surface area contributed by atoms with E-state index in [0.717, 1.165) is 41.0 Å². The fourth-order valence-electron chi connectivity index (χ4n) is 5.00. The number of carbonyl (C=O) groups excluding carboxylic acids is 3. The highest BCUT2D eigenvalue weighted by Gasteiger charge is 2.31. The third kappa shape index (κ3) is 4.06. The first-order chi connectivity index (χ1) is 15.9. The summed E-state index contributed by atoms with van der Waals surface area (Å²) >= 11 is 0. The fraction of sp³-hybridized carbons (Fsp3) is 0.400. The Balaban J connectivity index is 1.24. The number of likely N-dealkylation sites (N-methyl/N-ethyl adjacent to an activating group) is 1. The summed E-state index contributed by atoms with van der Waals surface area (Å²) in [4.78, 5) is 41.1. The standard InChI is InChI=1S/C25H28N4O4/c1-28(2)20(15-3-5-21-16(11-15)8-10-33-21)14-26-24(31)25(32)27-19-12-17-4-6-22(30)29-9-7-18(13-19)23(17)29/h3,5,11-13,20H,4,6-10,14H2,1-2H3,(H,26,31)(H,27,32). The van der Waals surface area contributed by atoms with Crippen LogP contribution in [0.3, 0.4) is 0 Å². The summed E-state index contributed by atoms with van der Waals surface area (Å²) in [6, 6.07) is 9.77. The summed E-state index contributed by atoms with van der Waals surface area (Å²) in [7, 11) is 3.90. The minimum Gasteiger partial charge on any atom is -0.493 e. The Morgan fingerprint density at radius 3 is 2.61 bits per heavy atom. The summed E-state index contributed by atoms with van der Waals surface area (Å²) in [5.41, 5.74) is 5.93. The van der Waals surface area contributed by atoms with E-state index in [2.05, 4.69) is 16.7 Å². The molecule has 0 bridgehead atoms. The minimum atomic E-state index is -0.691. The lowest BCUT2D eigenvalue weighted by Gasteiger charge is -2.26. The highest BCUT2D eigenvalue weighted by molar-refractivity contribution is 6.39. The summed E-state index contributed by atoms with van der Waals surface area (Å²) < 4.78 is 5.58. The third-order valence-corrected chi connectivity index (χ3v) is 6.69. The second-order valence-corrected chi connectivity index (χ2v) is 9.05. The first kappa shape index (κ1) is 21.5. The number of hydrogen-bond acceptors (Lipinski definition) is 5. The van der Waals surface area contributed by atoms with E-state index in [4.69, 9.17) is 4.74 Å². The van der Waals surface area contributed by atoms with E-state index in [0.29, 0.717) is 38.2 Å². The zero-order chi connectivity index (χ0) is 23.1. The molecule has 3 aliphatic rings. The van der Waals surface area contributed by atoms with Crippen molar-refractivity contribution in [1.82, 2.24) is 10.2 Å². The van der Waals surface area contributed by atoms with Crippen LogP contribution in [0.4, 0.5) is 11.4 Å². The van der Waals surface area contributed by atoms with E-state index < -0.39 is 11.8 Å². The average Bonchev–Trinajstić information content (AvgIpc) is 3.43. The number of nitrogens with zero attached hydrogens (tertiary/aromatic N) is 2. The van der Waals surface area contributed by atoms with Crippen LogP contribution in [0.2, 0.25) is 0 Å². The van der Waals surface area contributed by atoms with Gasteiger partial charge in [0, 0.05) is 31.6 Å². The van der Waals surface area contributed by atoms with Crippen LogP contribution in [0.15, 0.2) is 30.3 Å². The van der Waals surface area contributed by atoms with Crippen LogP contribution in [-0.4, -0.2) is 56.4 Å². The van der Waals surface area contributed by atoms with Crippen molar-refractivity contribution in [3.63, 3.8) is 0 Å². The maximum atomic E-state index is 12.6. The van der Waals surface area contributed by atoms with Gasteiger partial charge in [0.2, 0.25) is 5.91 Å². The van der Waals surface area contributed by atoms with Gasteiger partial charge in [0.25, 0.3) is 0 Å². The van der Waals surface area contributed by atoms with E-state index in [-0.39, 0.29) is 11.9 Å². The number of benzene rings is 2. The number of carbonyl (C=O) groups is 3. The minimum absolute atomic E-state index is 0.0689. The second-order valence-electron chi connectivity index (χ2n) is 9.05. The van der Waals surface area contributed by atoms with Crippen LogP contribution in [0.5, 0.6) is 5.75 Å². The number of anilines is 2. The summed E-state index contributed by atoms with van der Waals surface area (Å²) in [6.07, 6.45) is 2.78. The molecule has 2 aromatic rings. The molecule has 33 heavy (non-hydrogen) atoms. The normalized spacial score (nSPS) is 16.8. The maximum Gasteiger partial charge on any atom is 0.313 e. The van der Waals surface area contributed by atoms with Crippen molar-refractivity contribution >= 4 is 29.1 Å². The smallest absolute Gasteiger partial charge is 0.313 e. The van der Waals surface area contributed by atoms with Crippen molar-refractivity contribution in [2.75, 3.05) is 44.0 Å². The molecule has 8 heteroatoms. The largest absolute Gasteiger partial charge is 0.493 e. The molecule has 172 valence electrons. The van der Waals surface area contributed by atoms with Gasteiger partial charge in [0.05, 0.1) is 18.3 Å². The Morgan fingerprint density at radius 2 is 1.82 bits per heavy atom. The zero-order valence-electron chi connectivity index (χ0n) is 18.9. The van der Waals surface area contributed by atoms with E-state index in [9.17, 15) is 14.4 Å². The van der Waals surface area contributed by atoms with Gasteiger partial charge in [-0.2, -0.15) is 0 Å². The molecule has 0 saturated carbocycles. The van der Waals surface area contributed by atoms with Gasteiger partial charge in [-0.05, 0) is 67.4 Å². The van der Waals surface area contributed by atoms with Crippen LogP contribution in [0, 0.1) is 0 Å². The lowest BCUT2D eigenvalue weighted by atomic mass is 9.98. The van der Waals surface area contributed by atoms with Crippen molar-refractivity contribution in [3.05, 3.63) is 52.6 Å². The predicted molar refractivity (Wildman–Crippen MR) is 125 cm³/mol. The van der Waals surface area contributed by atoms with Gasteiger partial charge in [0.15, 0.2) is 0 Å². The Morgan fingerprint density at radius 1 is 1.03 bits per heavy atom. The topological polar surface area (TPSA) is 91.0 Å². The van der Waals surface area contributed by atoms with Crippen LogP contribution in [-0.2, 0) is 33.6 Å². The Labute approximate surface area is 192 Å². The molecule has 2 N–H and O–H groups in total. The first-order valence-corrected chi connectivity index (χ1v) is 11.4. The number of amides is 3. The molecule has 2 aromatic carbocycles. The van der Waals surface area contributed by atoms with Crippen molar-refractivity contribution in [1.29, 1.82) is 0 Å². The van der Waals surface area contributed by atoms with Crippen molar-refractivity contribution < 1.29 is 19.1 Å². The molecule has 0 spiro atoms. The SMILES string of the molecule is CN(C)C(CNC(=O)C(=O)Nc1cc2c3c(c1)CCN3C(=O)CC2)c1ccc2c(c1)CCO2. The molecular weight excluding hydrogens is 420 g/mol. The number of ether oxygens (including phenoxy) is 1. The van der Waals surface area contributed by atoms with E-state index in [1.807, 2.05) is 48.2 Å². The number of fused-ring (bicyclic) bond motifs is 1. The molecule has 1 atom stereocenters.